The molecular weight excluding hydrogens is 400 g/mol. The lowest BCUT2D eigenvalue weighted by Crippen LogP contribution is -2.07. The third-order valence-electron chi connectivity index (χ3n) is 5.03. The standard InChI is InChI=1S/C25H30ClN.C3H9N/c1-6-10-18(3)15-20(5)25(23-12-9-8-11-22(23)17-26)21-13-14-24(27-7-2)19(4)16-21;1-3-4-2/h6,8-16,25,27H,5,7,17H2,1-4H3;4H,3H2,1-2H3/b10-6-,18-15-;. The zero-order chi connectivity index (χ0) is 23.2. The van der Waals surface area contributed by atoms with E-state index in [-0.39, 0.29) is 5.92 Å². The number of allylic oxidation sites excluding steroid dienone is 5. The molecule has 2 aromatic rings. The van der Waals surface area contributed by atoms with E-state index in [1.807, 2.05) is 20.0 Å². The molecule has 0 heterocycles. The Labute approximate surface area is 195 Å². The average Bonchev–Trinajstić information content (AvgIpc) is 2.76. The molecule has 0 amide bonds. The summed E-state index contributed by atoms with van der Waals surface area (Å²) in [7, 11) is 1.93. The summed E-state index contributed by atoms with van der Waals surface area (Å²) in [4.78, 5) is 0. The van der Waals surface area contributed by atoms with Crippen molar-refractivity contribution in [3.63, 3.8) is 0 Å². The predicted octanol–water partition coefficient (Wildman–Crippen LogP) is 7.60. The number of aryl methyl sites for hydroxylation is 1. The lowest BCUT2D eigenvalue weighted by Gasteiger charge is -2.23. The Morgan fingerprint density at radius 2 is 1.81 bits per heavy atom. The van der Waals surface area contributed by atoms with Crippen LogP contribution in [0.2, 0.25) is 0 Å². The van der Waals surface area contributed by atoms with Crippen molar-refractivity contribution in [3.05, 3.63) is 101 Å². The minimum Gasteiger partial charge on any atom is -0.385 e. The number of benzene rings is 2. The number of anilines is 1. The molecule has 0 spiro atoms. The van der Waals surface area contributed by atoms with Gasteiger partial charge in [0.05, 0.1) is 0 Å². The largest absolute Gasteiger partial charge is 0.385 e. The van der Waals surface area contributed by atoms with Gasteiger partial charge in [-0.2, -0.15) is 0 Å². The first kappa shape index (κ1) is 26.7. The zero-order valence-corrected chi connectivity index (χ0v) is 20.8. The van der Waals surface area contributed by atoms with E-state index in [0.29, 0.717) is 5.88 Å². The van der Waals surface area contributed by atoms with Crippen LogP contribution >= 0.6 is 11.6 Å². The van der Waals surface area contributed by atoms with Gasteiger partial charge in [-0.05, 0) is 75.2 Å². The van der Waals surface area contributed by atoms with Gasteiger partial charge >= 0.3 is 0 Å². The number of hydrogen-bond acceptors (Lipinski definition) is 2. The Kier molecular flexibility index (Phi) is 12.7. The summed E-state index contributed by atoms with van der Waals surface area (Å²) >= 11 is 6.26. The summed E-state index contributed by atoms with van der Waals surface area (Å²) < 4.78 is 0. The van der Waals surface area contributed by atoms with Gasteiger partial charge in [-0.1, -0.05) is 73.7 Å². The van der Waals surface area contributed by atoms with Gasteiger partial charge in [0.15, 0.2) is 0 Å². The van der Waals surface area contributed by atoms with Crippen LogP contribution in [-0.4, -0.2) is 20.1 Å². The van der Waals surface area contributed by atoms with Crippen LogP contribution in [0.5, 0.6) is 0 Å². The molecule has 2 nitrogen and oxygen atoms in total. The molecule has 2 aromatic carbocycles. The molecular formula is C28H39ClN2. The van der Waals surface area contributed by atoms with E-state index in [2.05, 4.69) is 99.5 Å². The van der Waals surface area contributed by atoms with Gasteiger partial charge in [0.1, 0.15) is 0 Å². The molecule has 0 aliphatic carbocycles. The van der Waals surface area contributed by atoms with E-state index in [1.165, 1.54) is 28.0 Å². The molecule has 0 aromatic heterocycles. The molecule has 1 atom stereocenters. The fraction of sp³-hybridized carbons (Fsp3) is 0.357. The first-order valence-corrected chi connectivity index (χ1v) is 11.6. The highest BCUT2D eigenvalue weighted by Crippen LogP contribution is 2.36. The number of nitrogens with one attached hydrogen (secondary N) is 2. The summed E-state index contributed by atoms with van der Waals surface area (Å²) in [6.07, 6.45) is 6.33. The highest BCUT2D eigenvalue weighted by Gasteiger charge is 2.20. The van der Waals surface area contributed by atoms with E-state index in [1.54, 1.807) is 0 Å². The Bertz CT molecular complexity index is 878. The van der Waals surface area contributed by atoms with E-state index in [9.17, 15) is 0 Å². The van der Waals surface area contributed by atoms with E-state index in [4.69, 9.17) is 11.6 Å². The fourth-order valence-corrected chi connectivity index (χ4v) is 3.72. The SMILES string of the molecule is C=C(/C=C(C)\C=C/C)C(c1ccc(NCC)c(C)c1)c1ccccc1CCl.CCNC. The maximum atomic E-state index is 6.26. The van der Waals surface area contributed by atoms with Crippen molar-refractivity contribution in [2.45, 2.75) is 46.4 Å². The maximum Gasteiger partial charge on any atom is 0.0477 e. The lowest BCUT2D eigenvalue weighted by molar-refractivity contribution is 0.864. The molecule has 0 saturated heterocycles. The monoisotopic (exact) mass is 438 g/mol. The van der Waals surface area contributed by atoms with Crippen LogP contribution in [0.15, 0.2) is 78.4 Å². The Hall–Kier alpha value is -2.29. The topological polar surface area (TPSA) is 24.1 Å². The van der Waals surface area contributed by atoms with Crippen molar-refractivity contribution in [1.82, 2.24) is 5.32 Å². The fourth-order valence-electron chi connectivity index (χ4n) is 3.47. The molecule has 31 heavy (non-hydrogen) atoms. The quantitative estimate of drug-likeness (QED) is 0.311. The molecule has 168 valence electrons. The van der Waals surface area contributed by atoms with E-state index < -0.39 is 0 Å². The van der Waals surface area contributed by atoms with Crippen LogP contribution in [0.4, 0.5) is 5.69 Å². The second-order valence-corrected chi connectivity index (χ2v) is 7.81. The molecule has 2 rings (SSSR count). The van der Waals surface area contributed by atoms with Crippen molar-refractivity contribution < 1.29 is 0 Å². The molecule has 0 aliphatic rings. The van der Waals surface area contributed by atoms with Crippen molar-refractivity contribution in [1.29, 1.82) is 0 Å². The Morgan fingerprint density at radius 3 is 2.35 bits per heavy atom. The molecule has 0 fully saturated rings. The maximum absolute atomic E-state index is 6.26. The van der Waals surface area contributed by atoms with Crippen molar-refractivity contribution >= 4 is 17.3 Å². The van der Waals surface area contributed by atoms with Crippen molar-refractivity contribution in [3.8, 4) is 0 Å². The number of alkyl halides is 1. The average molecular weight is 439 g/mol. The third kappa shape index (κ3) is 8.40. The summed E-state index contributed by atoms with van der Waals surface area (Å²) in [5.74, 6) is 0.570. The Balaban J connectivity index is 0.00000110. The van der Waals surface area contributed by atoms with Crippen LogP contribution in [0.3, 0.4) is 0 Å². The predicted molar refractivity (Wildman–Crippen MR) is 140 cm³/mol. The van der Waals surface area contributed by atoms with Gasteiger partial charge in [-0.15, -0.1) is 11.6 Å². The number of halogens is 1. The minimum atomic E-state index is 0.0783. The Morgan fingerprint density at radius 1 is 1.13 bits per heavy atom. The van der Waals surface area contributed by atoms with Crippen LogP contribution < -0.4 is 10.6 Å². The second-order valence-electron chi connectivity index (χ2n) is 7.54. The van der Waals surface area contributed by atoms with Crippen molar-refractivity contribution in [2.75, 3.05) is 25.5 Å². The van der Waals surface area contributed by atoms with E-state index in [0.717, 1.165) is 24.2 Å². The van der Waals surface area contributed by atoms with Gasteiger partial charge in [0, 0.05) is 24.0 Å². The molecule has 0 radical (unpaired) electrons. The van der Waals surface area contributed by atoms with Gasteiger partial charge in [0.2, 0.25) is 0 Å². The summed E-state index contributed by atoms with van der Waals surface area (Å²) in [6.45, 7) is 16.9. The van der Waals surface area contributed by atoms with Gasteiger partial charge in [0.25, 0.3) is 0 Å². The highest BCUT2D eigenvalue weighted by atomic mass is 35.5. The summed E-state index contributed by atoms with van der Waals surface area (Å²) in [5.41, 5.74) is 8.28. The van der Waals surface area contributed by atoms with Crippen LogP contribution in [-0.2, 0) is 5.88 Å². The molecule has 0 aliphatic heterocycles. The van der Waals surface area contributed by atoms with Crippen LogP contribution in [0.1, 0.15) is 55.9 Å². The smallest absolute Gasteiger partial charge is 0.0477 e. The van der Waals surface area contributed by atoms with Gasteiger partial charge < -0.3 is 10.6 Å². The lowest BCUT2D eigenvalue weighted by atomic mass is 9.82. The first-order valence-electron chi connectivity index (χ1n) is 11.1. The normalized spacial score (nSPS) is 12.3. The molecule has 3 heteroatoms. The third-order valence-corrected chi connectivity index (χ3v) is 5.32. The van der Waals surface area contributed by atoms with Gasteiger partial charge in [-0.25, -0.2) is 0 Å². The van der Waals surface area contributed by atoms with E-state index >= 15 is 0 Å². The highest BCUT2D eigenvalue weighted by molar-refractivity contribution is 6.17. The number of hydrogen-bond donors (Lipinski definition) is 2. The number of rotatable bonds is 9. The van der Waals surface area contributed by atoms with Crippen LogP contribution in [0, 0.1) is 6.92 Å². The van der Waals surface area contributed by atoms with Crippen LogP contribution in [0.25, 0.3) is 0 Å². The minimum absolute atomic E-state index is 0.0783. The molecule has 2 N–H and O–H groups in total. The first-order chi connectivity index (χ1) is 14.9. The molecule has 1 unspecified atom stereocenters. The molecule has 0 saturated carbocycles. The summed E-state index contributed by atoms with van der Waals surface area (Å²) in [5, 5.41) is 6.35. The van der Waals surface area contributed by atoms with Gasteiger partial charge in [-0.3, -0.25) is 0 Å². The van der Waals surface area contributed by atoms with Crippen molar-refractivity contribution in [2.24, 2.45) is 0 Å². The second kappa shape index (κ2) is 14.7. The molecule has 0 bridgehead atoms. The zero-order valence-electron chi connectivity index (χ0n) is 20.1. The summed E-state index contributed by atoms with van der Waals surface area (Å²) in [6, 6.07) is 15.0.